The van der Waals surface area contributed by atoms with Crippen LogP contribution in [-0.4, -0.2) is 54.5 Å². The van der Waals surface area contributed by atoms with Gasteiger partial charge in [0, 0.05) is 13.0 Å². The number of nitrogens with one attached hydrogen (secondary N) is 1. The molecule has 0 fully saturated rings. The molecule has 1 aromatic rings. The van der Waals surface area contributed by atoms with E-state index in [-0.39, 0.29) is 32.1 Å². The van der Waals surface area contributed by atoms with Crippen LogP contribution < -0.4 is 14.8 Å². The molecule has 0 aliphatic heterocycles. The molecule has 1 aromatic carbocycles. The second-order valence-electron chi connectivity index (χ2n) is 8.38. The number of benzene rings is 1. The van der Waals surface area contributed by atoms with Crippen molar-refractivity contribution in [2.24, 2.45) is 5.92 Å². The third-order valence-electron chi connectivity index (χ3n) is 4.59. The van der Waals surface area contributed by atoms with Crippen LogP contribution in [0.1, 0.15) is 51.5 Å². The number of hydrogen-bond acceptors (Lipinski definition) is 6. The highest BCUT2D eigenvalue weighted by molar-refractivity contribution is 5.75. The quantitative estimate of drug-likeness (QED) is 0.196. The SMILES string of the molecule is C=C(COc1cc(CNC(=O)CCCC/C=C/C(C)C)ccc1OCCOCC(=O)O)CC(=O)O. The lowest BCUT2D eigenvalue weighted by atomic mass is 10.1. The molecule has 0 aliphatic carbocycles. The maximum absolute atomic E-state index is 12.2. The van der Waals surface area contributed by atoms with Gasteiger partial charge in [-0.05, 0) is 48.4 Å². The number of rotatable bonds is 19. The number of carboxylic acid groups (broad SMARTS) is 2. The summed E-state index contributed by atoms with van der Waals surface area (Å²) in [5.74, 6) is -0.830. The fourth-order valence-corrected chi connectivity index (χ4v) is 2.91. The Kier molecular flexibility index (Phi) is 14.6. The van der Waals surface area contributed by atoms with Crippen LogP contribution in [0, 0.1) is 5.92 Å². The van der Waals surface area contributed by atoms with Crippen molar-refractivity contribution >= 4 is 17.8 Å². The topological polar surface area (TPSA) is 131 Å². The average Bonchev–Trinajstić information content (AvgIpc) is 2.78. The van der Waals surface area contributed by atoms with E-state index < -0.39 is 18.5 Å². The first-order chi connectivity index (χ1) is 16.7. The first kappa shape index (κ1) is 29.7. The van der Waals surface area contributed by atoms with E-state index in [4.69, 9.17) is 24.4 Å². The predicted octanol–water partition coefficient (Wildman–Crippen LogP) is 3.97. The summed E-state index contributed by atoms with van der Waals surface area (Å²) in [7, 11) is 0. The van der Waals surface area contributed by atoms with Gasteiger partial charge in [-0.2, -0.15) is 0 Å². The Morgan fingerprint density at radius 3 is 2.49 bits per heavy atom. The molecule has 9 nitrogen and oxygen atoms in total. The number of hydrogen-bond donors (Lipinski definition) is 3. The zero-order valence-corrected chi connectivity index (χ0v) is 20.6. The first-order valence-corrected chi connectivity index (χ1v) is 11.7. The highest BCUT2D eigenvalue weighted by atomic mass is 16.5. The number of carbonyl (C=O) groups excluding carboxylic acids is 1. The predicted molar refractivity (Wildman–Crippen MR) is 132 cm³/mol. The number of carboxylic acids is 2. The molecule has 0 bridgehead atoms. The van der Waals surface area contributed by atoms with Gasteiger partial charge in [0.1, 0.15) is 19.8 Å². The van der Waals surface area contributed by atoms with Gasteiger partial charge in [0.2, 0.25) is 5.91 Å². The fourth-order valence-electron chi connectivity index (χ4n) is 2.91. The van der Waals surface area contributed by atoms with Crippen LogP contribution in [0.2, 0.25) is 0 Å². The summed E-state index contributed by atoms with van der Waals surface area (Å²) in [4.78, 5) is 33.5. The lowest BCUT2D eigenvalue weighted by Crippen LogP contribution is -2.22. The van der Waals surface area contributed by atoms with Crippen molar-refractivity contribution in [3.05, 3.63) is 48.1 Å². The monoisotopic (exact) mass is 491 g/mol. The highest BCUT2D eigenvalue weighted by Crippen LogP contribution is 2.29. The molecule has 0 saturated carbocycles. The Labute approximate surface area is 206 Å². The molecule has 194 valence electrons. The summed E-state index contributed by atoms with van der Waals surface area (Å²) in [6, 6.07) is 5.16. The standard InChI is InChI=1S/C26H37NO8/c1-19(2)8-6-4-5-7-9-24(28)27-16-21-10-11-22(34-13-12-33-18-26(31)32)23(15-21)35-17-20(3)14-25(29)30/h6,8,10-11,15,19H,3-5,7,9,12-14,16-18H2,1-2H3,(H,27,28)(H,29,30)(H,31,32)/b8-6+. The highest BCUT2D eigenvalue weighted by Gasteiger charge is 2.11. The molecule has 0 aliphatic rings. The number of aliphatic carboxylic acids is 2. The van der Waals surface area contributed by atoms with Crippen molar-refractivity contribution in [1.82, 2.24) is 5.32 Å². The van der Waals surface area contributed by atoms with Gasteiger partial charge >= 0.3 is 11.9 Å². The molecule has 0 radical (unpaired) electrons. The molecule has 3 N–H and O–H groups in total. The van der Waals surface area contributed by atoms with E-state index in [2.05, 4.69) is 37.9 Å². The third kappa shape index (κ3) is 15.2. The molecular weight excluding hydrogens is 454 g/mol. The molecule has 9 heteroatoms. The summed E-state index contributed by atoms with van der Waals surface area (Å²) in [5.41, 5.74) is 1.17. The van der Waals surface area contributed by atoms with E-state index in [9.17, 15) is 14.4 Å². The Morgan fingerprint density at radius 2 is 1.80 bits per heavy atom. The largest absolute Gasteiger partial charge is 0.487 e. The second kappa shape index (κ2) is 17.2. The van der Waals surface area contributed by atoms with Crippen LogP contribution in [0.4, 0.5) is 0 Å². The van der Waals surface area contributed by atoms with E-state index in [1.807, 2.05) is 0 Å². The summed E-state index contributed by atoms with van der Waals surface area (Å²) in [6.07, 6.45) is 7.27. The zero-order chi connectivity index (χ0) is 26.1. The lowest BCUT2D eigenvalue weighted by Gasteiger charge is -2.15. The number of allylic oxidation sites excluding steroid dienone is 2. The van der Waals surface area contributed by atoms with Gasteiger partial charge in [-0.15, -0.1) is 0 Å². The Morgan fingerprint density at radius 1 is 1.03 bits per heavy atom. The molecule has 35 heavy (non-hydrogen) atoms. The summed E-state index contributed by atoms with van der Waals surface area (Å²) in [6.45, 7) is 7.99. The lowest BCUT2D eigenvalue weighted by molar-refractivity contribution is -0.142. The van der Waals surface area contributed by atoms with Crippen molar-refractivity contribution in [2.75, 3.05) is 26.4 Å². The maximum Gasteiger partial charge on any atom is 0.329 e. The van der Waals surface area contributed by atoms with Crippen LogP contribution in [0.5, 0.6) is 11.5 Å². The molecule has 0 spiro atoms. The molecule has 0 unspecified atom stereocenters. The van der Waals surface area contributed by atoms with Crippen LogP contribution in [0.3, 0.4) is 0 Å². The first-order valence-electron chi connectivity index (χ1n) is 11.7. The van der Waals surface area contributed by atoms with Gasteiger partial charge in [0.25, 0.3) is 0 Å². The minimum Gasteiger partial charge on any atom is -0.487 e. The van der Waals surface area contributed by atoms with Crippen molar-refractivity contribution in [1.29, 1.82) is 0 Å². The Hall–Kier alpha value is -3.33. The van der Waals surface area contributed by atoms with Gasteiger partial charge in [-0.1, -0.05) is 38.6 Å². The molecule has 0 saturated heterocycles. The normalized spacial score (nSPS) is 10.9. The number of carbonyl (C=O) groups is 3. The summed E-state index contributed by atoms with van der Waals surface area (Å²) in [5, 5.41) is 20.4. The summed E-state index contributed by atoms with van der Waals surface area (Å²) < 4.78 is 16.3. The molecular formula is C26H37NO8. The molecule has 0 atom stereocenters. The van der Waals surface area contributed by atoms with Crippen LogP contribution in [-0.2, 0) is 25.7 Å². The summed E-state index contributed by atoms with van der Waals surface area (Å²) >= 11 is 0. The molecule has 1 rings (SSSR count). The van der Waals surface area contributed by atoms with Gasteiger partial charge in [-0.25, -0.2) is 4.79 Å². The van der Waals surface area contributed by atoms with Gasteiger partial charge < -0.3 is 29.7 Å². The van der Waals surface area contributed by atoms with E-state index in [1.54, 1.807) is 18.2 Å². The molecule has 0 heterocycles. The van der Waals surface area contributed by atoms with Crippen molar-refractivity contribution in [3.63, 3.8) is 0 Å². The smallest absolute Gasteiger partial charge is 0.329 e. The Bertz CT molecular complexity index is 863. The fraction of sp³-hybridized carbons (Fsp3) is 0.500. The zero-order valence-electron chi connectivity index (χ0n) is 20.6. The molecule has 0 aromatic heterocycles. The average molecular weight is 492 g/mol. The van der Waals surface area contributed by atoms with Gasteiger partial charge in [0.15, 0.2) is 11.5 Å². The van der Waals surface area contributed by atoms with Crippen molar-refractivity contribution in [2.45, 2.75) is 52.5 Å². The maximum atomic E-state index is 12.2. The van der Waals surface area contributed by atoms with E-state index in [0.29, 0.717) is 36.0 Å². The third-order valence-corrected chi connectivity index (χ3v) is 4.59. The van der Waals surface area contributed by atoms with Crippen LogP contribution in [0.25, 0.3) is 0 Å². The van der Waals surface area contributed by atoms with E-state index in [1.165, 1.54) is 0 Å². The minimum absolute atomic E-state index is 0.0146. The number of ether oxygens (including phenoxy) is 3. The minimum atomic E-state index is -1.07. The van der Waals surface area contributed by atoms with E-state index in [0.717, 1.165) is 24.8 Å². The number of amides is 1. The van der Waals surface area contributed by atoms with Crippen molar-refractivity contribution in [3.8, 4) is 11.5 Å². The van der Waals surface area contributed by atoms with Gasteiger partial charge in [-0.3, -0.25) is 9.59 Å². The van der Waals surface area contributed by atoms with E-state index >= 15 is 0 Å². The molecule has 1 amide bonds. The van der Waals surface area contributed by atoms with Gasteiger partial charge in [0.05, 0.1) is 13.0 Å². The number of unbranched alkanes of at least 4 members (excludes halogenated alkanes) is 2. The second-order valence-corrected chi connectivity index (χ2v) is 8.38. The Balaban J connectivity index is 2.62. The van der Waals surface area contributed by atoms with Crippen LogP contribution >= 0.6 is 0 Å². The van der Waals surface area contributed by atoms with Crippen molar-refractivity contribution < 1.29 is 38.8 Å². The van der Waals surface area contributed by atoms with Crippen LogP contribution in [0.15, 0.2) is 42.5 Å².